The summed E-state index contributed by atoms with van der Waals surface area (Å²) >= 11 is 0. The van der Waals surface area contributed by atoms with Crippen LogP contribution in [0.2, 0.25) is 0 Å². The van der Waals surface area contributed by atoms with E-state index in [4.69, 9.17) is 4.74 Å². The molecule has 3 aromatic rings. The third-order valence-electron chi connectivity index (χ3n) is 6.48. The Kier molecular flexibility index (Phi) is 7.94. The van der Waals surface area contributed by atoms with Crippen LogP contribution in [0.25, 0.3) is 10.9 Å². The fraction of sp³-hybridized carbons (Fsp3) is 0.370. The molecule has 1 fully saturated rings. The molecule has 184 valence electrons. The van der Waals surface area contributed by atoms with Crippen LogP contribution in [0.4, 0.5) is 0 Å². The molecule has 0 aliphatic carbocycles. The molecule has 1 aliphatic heterocycles. The van der Waals surface area contributed by atoms with Crippen molar-refractivity contribution in [1.29, 1.82) is 0 Å². The van der Waals surface area contributed by atoms with Crippen molar-refractivity contribution >= 4 is 22.8 Å². The predicted molar refractivity (Wildman–Crippen MR) is 135 cm³/mol. The molecule has 1 atom stereocenters. The minimum atomic E-state index is -0.919. The fourth-order valence-electron chi connectivity index (χ4n) is 4.43. The highest BCUT2D eigenvalue weighted by molar-refractivity contribution is 5.94. The molecule has 35 heavy (non-hydrogen) atoms. The highest BCUT2D eigenvalue weighted by Crippen LogP contribution is 2.21. The normalized spacial score (nSPS) is 15.6. The summed E-state index contributed by atoms with van der Waals surface area (Å²) in [6, 6.07) is 16.1. The van der Waals surface area contributed by atoms with Gasteiger partial charge in [0, 0.05) is 54.9 Å². The van der Waals surface area contributed by atoms with E-state index in [0.29, 0.717) is 31.0 Å². The average molecular weight is 477 g/mol. The van der Waals surface area contributed by atoms with E-state index in [1.54, 1.807) is 24.3 Å². The summed E-state index contributed by atoms with van der Waals surface area (Å²) in [7, 11) is 0. The summed E-state index contributed by atoms with van der Waals surface area (Å²) in [5.74, 6) is -0.569. The van der Waals surface area contributed by atoms with Crippen LogP contribution in [0, 0.1) is 6.92 Å². The van der Waals surface area contributed by atoms with Gasteiger partial charge >= 0.3 is 5.97 Å². The van der Waals surface area contributed by atoms with Crippen LogP contribution in [-0.2, 0) is 11.4 Å². The van der Waals surface area contributed by atoms with E-state index in [1.807, 2.05) is 42.2 Å². The van der Waals surface area contributed by atoms with E-state index in [2.05, 4.69) is 22.1 Å². The van der Waals surface area contributed by atoms with Crippen LogP contribution in [0.15, 0.2) is 54.6 Å². The molecule has 8 nitrogen and oxygen atoms in total. The lowest BCUT2D eigenvalue weighted by molar-refractivity contribution is -0.143. The van der Waals surface area contributed by atoms with Gasteiger partial charge < -0.3 is 20.1 Å². The summed E-state index contributed by atoms with van der Waals surface area (Å²) < 4.78 is 5.97. The second-order valence-electron chi connectivity index (χ2n) is 8.79. The zero-order valence-electron chi connectivity index (χ0n) is 20.2. The number of carbonyl (C=O) groups is 2. The summed E-state index contributed by atoms with van der Waals surface area (Å²) in [5.41, 5.74) is 3.38. The minimum absolute atomic E-state index is 0.0625. The standard InChI is InChI=1S/C27H32N4O4/c1-3-30-12-14-31(15-13-30)25(27(33)34)17-28-26(32)20-8-10-22(11-9-20)35-18-21-16-19(2)29-24-7-5-4-6-23(21)24/h4-11,16,25H,3,12-15,17-18H2,1-2H3,(H,28,32)(H,33,34). The number of aromatic nitrogens is 1. The number of carboxylic acid groups (broad SMARTS) is 1. The van der Waals surface area contributed by atoms with Gasteiger partial charge in [-0.15, -0.1) is 0 Å². The molecule has 1 aliphatic rings. The first-order valence-corrected chi connectivity index (χ1v) is 12.0. The van der Waals surface area contributed by atoms with E-state index in [1.165, 1.54) is 0 Å². The summed E-state index contributed by atoms with van der Waals surface area (Å²) in [6.07, 6.45) is 0. The van der Waals surface area contributed by atoms with Crippen molar-refractivity contribution in [2.45, 2.75) is 26.5 Å². The fourth-order valence-corrected chi connectivity index (χ4v) is 4.43. The van der Waals surface area contributed by atoms with E-state index < -0.39 is 12.0 Å². The number of piperazine rings is 1. The average Bonchev–Trinajstić information content (AvgIpc) is 2.87. The number of hydrogen-bond acceptors (Lipinski definition) is 6. The van der Waals surface area contributed by atoms with E-state index in [-0.39, 0.29) is 12.5 Å². The van der Waals surface area contributed by atoms with Gasteiger partial charge in [-0.25, -0.2) is 0 Å². The van der Waals surface area contributed by atoms with Gasteiger partial charge in [0.2, 0.25) is 0 Å². The maximum absolute atomic E-state index is 12.6. The van der Waals surface area contributed by atoms with Crippen LogP contribution in [0.3, 0.4) is 0 Å². The van der Waals surface area contributed by atoms with E-state index in [9.17, 15) is 14.7 Å². The van der Waals surface area contributed by atoms with Gasteiger partial charge in [-0.2, -0.15) is 0 Å². The minimum Gasteiger partial charge on any atom is -0.489 e. The number of aliphatic carboxylic acids is 1. The molecule has 8 heteroatoms. The number of hydrogen-bond donors (Lipinski definition) is 2. The molecular formula is C27H32N4O4. The number of fused-ring (bicyclic) bond motifs is 1. The van der Waals surface area contributed by atoms with Crippen LogP contribution in [0.1, 0.15) is 28.5 Å². The molecule has 2 heterocycles. The lowest BCUT2D eigenvalue weighted by Gasteiger charge is -2.37. The largest absolute Gasteiger partial charge is 0.489 e. The molecule has 2 aromatic carbocycles. The van der Waals surface area contributed by atoms with Crippen molar-refractivity contribution in [3.63, 3.8) is 0 Å². The van der Waals surface area contributed by atoms with Gasteiger partial charge in [0.05, 0.1) is 5.52 Å². The molecule has 0 saturated carbocycles. The van der Waals surface area contributed by atoms with Crippen LogP contribution in [0.5, 0.6) is 5.75 Å². The lowest BCUT2D eigenvalue weighted by Crippen LogP contribution is -2.55. The van der Waals surface area contributed by atoms with Gasteiger partial charge in [0.25, 0.3) is 5.91 Å². The topological polar surface area (TPSA) is 95.0 Å². The number of carboxylic acids is 1. The number of carbonyl (C=O) groups excluding carboxylic acids is 1. The Hall–Kier alpha value is -3.49. The summed E-state index contributed by atoms with van der Waals surface area (Å²) in [5, 5.41) is 13.5. The third-order valence-corrected chi connectivity index (χ3v) is 6.48. The number of pyridine rings is 1. The number of rotatable bonds is 9. The van der Waals surface area contributed by atoms with Crippen LogP contribution < -0.4 is 10.1 Å². The number of para-hydroxylation sites is 1. The molecule has 4 rings (SSSR count). The summed E-state index contributed by atoms with van der Waals surface area (Å²) in [4.78, 5) is 33.2. The molecular weight excluding hydrogens is 444 g/mol. The van der Waals surface area contributed by atoms with Crippen molar-refractivity contribution < 1.29 is 19.4 Å². The molecule has 1 aromatic heterocycles. The number of amides is 1. The van der Waals surface area contributed by atoms with Crippen molar-refractivity contribution in [2.75, 3.05) is 39.3 Å². The first-order chi connectivity index (χ1) is 16.9. The van der Waals surface area contributed by atoms with Gasteiger partial charge in [-0.3, -0.25) is 19.5 Å². The van der Waals surface area contributed by atoms with E-state index in [0.717, 1.165) is 41.8 Å². The Morgan fingerprint density at radius 2 is 1.80 bits per heavy atom. The molecule has 1 amide bonds. The molecule has 1 unspecified atom stereocenters. The molecule has 1 saturated heterocycles. The Labute approximate surface area is 205 Å². The first kappa shape index (κ1) is 24.6. The number of benzene rings is 2. The maximum Gasteiger partial charge on any atom is 0.322 e. The Morgan fingerprint density at radius 1 is 1.09 bits per heavy atom. The van der Waals surface area contributed by atoms with Crippen molar-refractivity contribution in [3.8, 4) is 5.75 Å². The lowest BCUT2D eigenvalue weighted by atomic mass is 10.1. The van der Waals surface area contributed by atoms with Crippen molar-refractivity contribution in [1.82, 2.24) is 20.1 Å². The van der Waals surface area contributed by atoms with Crippen molar-refractivity contribution in [3.05, 3.63) is 71.4 Å². The highest BCUT2D eigenvalue weighted by atomic mass is 16.5. The van der Waals surface area contributed by atoms with Crippen molar-refractivity contribution in [2.24, 2.45) is 0 Å². The quantitative estimate of drug-likeness (QED) is 0.490. The van der Waals surface area contributed by atoms with Crippen LogP contribution in [-0.4, -0.2) is 77.1 Å². The van der Waals surface area contributed by atoms with Gasteiger partial charge in [-0.05, 0) is 49.9 Å². The smallest absolute Gasteiger partial charge is 0.322 e. The molecule has 2 N–H and O–H groups in total. The second-order valence-corrected chi connectivity index (χ2v) is 8.79. The number of aryl methyl sites for hydroxylation is 1. The number of nitrogens with one attached hydrogen (secondary N) is 1. The Bertz CT molecular complexity index is 1170. The predicted octanol–water partition coefficient (Wildman–Crippen LogP) is 2.94. The second kappa shape index (κ2) is 11.3. The van der Waals surface area contributed by atoms with E-state index >= 15 is 0 Å². The zero-order valence-corrected chi connectivity index (χ0v) is 20.2. The number of ether oxygens (including phenoxy) is 1. The number of likely N-dealkylation sites (N-methyl/N-ethyl adjacent to an activating group) is 1. The Morgan fingerprint density at radius 3 is 2.49 bits per heavy atom. The number of nitrogens with zero attached hydrogens (tertiary/aromatic N) is 3. The van der Waals surface area contributed by atoms with Gasteiger partial charge in [-0.1, -0.05) is 25.1 Å². The molecule has 0 radical (unpaired) electrons. The molecule has 0 bridgehead atoms. The molecule has 0 spiro atoms. The highest BCUT2D eigenvalue weighted by Gasteiger charge is 2.29. The maximum atomic E-state index is 12.6. The third kappa shape index (κ3) is 6.15. The zero-order chi connectivity index (χ0) is 24.8. The first-order valence-electron chi connectivity index (χ1n) is 12.0. The van der Waals surface area contributed by atoms with Gasteiger partial charge in [0.15, 0.2) is 0 Å². The summed E-state index contributed by atoms with van der Waals surface area (Å²) in [6.45, 7) is 8.51. The van der Waals surface area contributed by atoms with Gasteiger partial charge in [0.1, 0.15) is 18.4 Å². The SMILES string of the molecule is CCN1CCN(C(CNC(=O)c2ccc(OCc3cc(C)nc4ccccc34)cc2)C(=O)O)CC1. The Balaban J connectivity index is 1.33. The monoisotopic (exact) mass is 476 g/mol. The van der Waals surface area contributed by atoms with Crippen LogP contribution >= 0.6 is 0 Å².